The summed E-state index contributed by atoms with van der Waals surface area (Å²) in [6, 6.07) is 0.112. The average molecular weight is 317 g/mol. The Balaban J connectivity index is 1.54. The highest BCUT2D eigenvalue weighted by atomic mass is 16.2. The minimum absolute atomic E-state index is 0.0163. The summed E-state index contributed by atoms with van der Waals surface area (Å²) in [6.07, 6.45) is 8.96. The summed E-state index contributed by atoms with van der Waals surface area (Å²) in [4.78, 5) is 28.1. The first-order valence-electron chi connectivity index (χ1n) is 7.99. The molecule has 2 N–H and O–H groups in total. The number of H-pyrrole nitrogens is 1. The van der Waals surface area contributed by atoms with E-state index < -0.39 is 0 Å². The number of carbonyl (C=O) groups is 1. The number of piperazine rings is 1. The normalized spacial score (nSPS) is 19.0. The van der Waals surface area contributed by atoms with E-state index in [1.807, 2.05) is 21.9 Å². The molecule has 3 heterocycles. The summed E-state index contributed by atoms with van der Waals surface area (Å²) in [5, 5.41) is 2.98. The number of amides is 2. The van der Waals surface area contributed by atoms with Crippen LogP contribution in [0.2, 0.25) is 0 Å². The van der Waals surface area contributed by atoms with Crippen LogP contribution in [0.4, 0.5) is 4.79 Å². The third kappa shape index (κ3) is 3.70. The molecule has 1 aliphatic heterocycles. The molecule has 3 rings (SSSR count). The zero-order valence-electron chi connectivity index (χ0n) is 13.4. The lowest BCUT2D eigenvalue weighted by Gasteiger charge is -2.39. The summed E-state index contributed by atoms with van der Waals surface area (Å²) in [5.41, 5.74) is 0. The largest absolute Gasteiger partial charge is 0.347 e. The molecule has 0 aromatic carbocycles. The van der Waals surface area contributed by atoms with Crippen molar-refractivity contribution in [2.45, 2.75) is 19.5 Å². The lowest BCUT2D eigenvalue weighted by atomic mass is 10.1. The first-order chi connectivity index (χ1) is 11.3. The van der Waals surface area contributed by atoms with Crippen molar-refractivity contribution in [1.29, 1.82) is 0 Å². The van der Waals surface area contributed by atoms with Gasteiger partial charge in [0.25, 0.3) is 0 Å². The van der Waals surface area contributed by atoms with Crippen molar-refractivity contribution in [2.24, 2.45) is 0 Å². The standard InChI is InChI=1S/C15H23N7O/c1-2-21-9-10-22(11-13(21)14-17-3-4-18-14)15(23)19-6-8-20-7-5-16-12-20/h3-5,7,12-13H,2,6,8-11H2,1H3,(H,17,18)(H,19,23). The minimum atomic E-state index is -0.0163. The van der Waals surface area contributed by atoms with Gasteiger partial charge in [-0.3, -0.25) is 4.90 Å². The number of aromatic amines is 1. The molecule has 8 heteroatoms. The quantitative estimate of drug-likeness (QED) is 0.850. The Kier molecular flexibility index (Phi) is 4.92. The third-order valence-electron chi connectivity index (χ3n) is 4.23. The van der Waals surface area contributed by atoms with Crippen LogP contribution in [-0.4, -0.2) is 68.1 Å². The maximum atomic E-state index is 12.4. The molecule has 2 aromatic rings. The van der Waals surface area contributed by atoms with Gasteiger partial charge in [0.2, 0.25) is 0 Å². The van der Waals surface area contributed by atoms with Gasteiger partial charge in [-0.15, -0.1) is 0 Å². The second kappa shape index (κ2) is 7.28. The zero-order valence-corrected chi connectivity index (χ0v) is 13.4. The van der Waals surface area contributed by atoms with E-state index >= 15 is 0 Å². The van der Waals surface area contributed by atoms with Gasteiger partial charge in [0.05, 0.1) is 12.4 Å². The van der Waals surface area contributed by atoms with E-state index in [1.165, 1.54) is 0 Å². The number of aromatic nitrogens is 4. The number of nitrogens with one attached hydrogen (secondary N) is 2. The van der Waals surface area contributed by atoms with Crippen LogP contribution in [-0.2, 0) is 6.54 Å². The predicted octanol–water partition coefficient (Wildman–Crippen LogP) is 0.695. The summed E-state index contributed by atoms with van der Waals surface area (Å²) >= 11 is 0. The van der Waals surface area contributed by atoms with Crippen molar-refractivity contribution < 1.29 is 4.79 Å². The Bertz CT molecular complexity index is 595. The van der Waals surface area contributed by atoms with Gasteiger partial charge in [-0.25, -0.2) is 14.8 Å². The highest BCUT2D eigenvalue weighted by molar-refractivity contribution is 5.74. The number of hydrogen-bond acceptors (Lipinski definition) is 4. The van der Waals surface area contributed by atoms with Crippen molar-refractivity contribution in [3.8, 4) is 0 Å². The minimum Gasteiger partial charge on any atom is -0.347 e. The summed E-state index contributed by atoms with van der Waals surface area (Å²) in [5.74, 6) is 0.919. The lowest BCUT2D eigenvalue weighted by Crippen LogP contribution is -2.53. The Morgan fingerprint density at radius 2 is 2.35 bits per heavy atom. The van der Waals surface area contributed by atoms with Crippen LogP contribution in [0.3, 0.4) is 0 Å². The van der Waals surface area contributed by atoms with Gasteiger partial charge >= 0.3 is 6.03 Å². The van der Waals surface area contributed by atoms with Crippen molar-refractivity contribution in [3.63, 3.8) is 0 Å². The number of imidazole rings is 2. The third-order valence-corrected chi connectivity index (χ3v) is 4.23. The van der Waals surface area contributed by atoms with Crippen molar-refractivity contribution in [3.05, 3.63) is 36.9 Å². The van der Waals surface area contributed by atoms with Crippen molar-refractivity contribution in [1.82, 2.24) is 34.6 Å². The molecular weight excluding hydrogens is 294 g/mol. The molecule has 23 heavy (non-hydrogen) atoms. The first-order valence-corrected chi connectivity index (χ1v) is 7.99. The number of hydrogen-bond donors (Lipinski definition) is 2. The second-order valence-corrected chi connectivity index (χ2v) is 5.60. The van der Waals surface area contributed by atoms with Gasteiger partial charge in [-0.2, -0.15) is 0 Å². The zero-order chi connectivity index (χ0) is 16.1. The van der Waals surface area contributed by atoms with E-state index in [4.69, 9.17) is 0 Å². The summed E-state index contributed by atoms with van der Waals surface area (Å²) in [6.45, 7) is 6.64. The molecule has 0 saturated carbocycles. The molecule has 0 aliphatic carbocycles. The molecule has 0 spiro atoms. The van der Waals surface area contributed by atoms with E-state index in [-0.39, 0.29) is 12.1 Å². The Hall–Kier alpha value is -2.35. The first kappa shape index (κ1) is 15.5. The smallest absolute Gasteiger partial charge is 0.317 e. The number of nitrogens with zero attached hydrogens (tertiary/aromatic N) is 5. The molecule has 1 atom stereocenters. The van der Waals surface area contributed by atoms with Gasteiger partial charge in [0.15, 0.2) is 0 Å². The Morgan fingerprint density at radius 3 is 3.04 bits per heavy atom. The lowest BCUT2D eigenvalue weighted by molar-refractivity contribution is 0.0897. The van der Waals surface area contributed by atoms with Crippen LogP contribution in [0.5, 0.6) is 0 Å². The molecule has 0 radical (unpaired) electrons. The van der Waals surface area contributed by atoms with Crippen molar-refractivity contribution >= 4 is 6.03 Å². The Morgan fingerprint density at radius 1 is 1.43 bits per heavy atom. The molecule has 0 bridgehead atoms. The van der Waals surface area contributed by atoms with Gasteiger partial charge in [-0.05, 0) is 6.54 Å². The molecule has 1 unspecified atom stereocenters. The molecule has 2 aromatic heterocycles. The maximum absolute atomic E-state index is 12.4. The fourth-order valence-electron chi connectivity index (χ4n) is 2.93. The molecule has 1 fully saturated rings. The monoisotopic (exact) mass is 317 g/mol. The van der Waals surface area contributed by atoms with Gasteiger partial charge < -0.3 is 19.8 Å². The number of likely N-dealkylation sites (N-methyl/N-ethyl adjacent to an activating group) is 1. The van der Waals surface area contributed by atoms with Crippen LogP contribution >= 0.6 is 0 Å². The van der Waals surface area contributed by atoms with Gasteiger partial charge in [-0.1, -0.05) is 6.92 Å². The SMILES string of the molecule is CCN1CCN(C(=O)NCCn2ccnc2)CC1c1ncc[nH]1. The van der Waals surface area contributed by atoms with Crippen LogP contribution < -0.4 is 5.32 Å². The van der Waals surface area contributed by atoms with E-state index in [0.717, 1.165) is 32.0 Å². The average Bonchev–Trinajstić information content (AvgIpc) is 3.27. The summed E-state index contributed by atoms with van der Waals surface area (Å²) in [7, 11) is 0. The van der Waals surface area contributed by atoms with E-state index in [0.29, 0.717) is 13.1 Å². The van der Waals surface area contributed by atoms with Gasteiger partial charge in [0.1, 0.15) is 5.82 Å². The molecular formula is C15H23N7O. The van der Waals surface area contributed by atoms with E-state index in [9.17, 15) is 4.79 Å². The fraction of sp³-hybridized carbons (Fsp3) is 0.533. The number of urea groups is 1. The summed E-state index contributed by atoms with van der Waals surface area (Å²) < 4.78 is 1.95. The van der Waals surface area contributed by atoms with Gasteiger partial charge in [0, 0.05) is 57.5 Å². The van der Waals surface area contributed by atoms with E-state index in [1.54, 1.807) is 18.7 Å². The maximum Gasteiger partial charge on any atom is 0.317 e. The Labute approximate surface area is 135 Å². The highest BCUT2D eigenvalue weighted by Crippen LogP contribution is 2.22. The molecule has 8 nitrogen and oxygen atoms in total. The number of carbonyl (C=O) groups excluding carboxylic acids is 1. The highest BCUT2D eigenvalue weighted by Gasteiger charge is 2.30. The second-order valence-electron chi connectivity index (χ2n) is 5.60. The fourth-order valence-corrected chi connectivity index (χ4v) is 2.93. The molecule has 2 amide bonds. The molecule has 1 saturated heterocycles. The topological polar surface area (TPSA) is 82.1 Å². The van der Waals surface area contributed by atoms with Crippen LogP contribution in [0.25, 0.3) is 0 Å². The van der Waals surface area contributed by atoms with Crippen molar-refractivity contribution in [2.75, 3.05) is 32.7 Å². The van der Waals surface area contributed by atoms with Crippen LogP contribution in [0.15, 0.2) is 31.1 Å². The number of rotatable bonds is 5. The van der Waals surface area contributed by atoms with E-state index in [2.05, 4.69) is 32.1 Å². The molecule has 1 aliphatic rings. The molecule has 124 valence electrons. The van der Waals surface area contributed by atoms with Crippen LogP contribution in [0, 0.1) is 0 Å². The predicted molar refractivity (Wildman–Crippen MR) is 85.8 cm³/mol. The van der Waals surface area contributed by atoms with Crippen LogP contribution in [0.1, 0.15) is 18.8 Å².